The Morgan fingerprint density at radius 3 is 2.09 bits per heavy atom. The van der Waals surface area contributed by atoms with Crippen molar-refractivity contribution in [3.8, 4) is 0 Å². The Hall–Kier alpha value is -0.610. The minimum atomic E-state index is -0.358. The first-order valence-electron chi connectivity index (χ1n) is 9.49. The van der Waals surface area contributed by atoms with Gasteiger partial charge in [-0.05, 0) is 53.0 Å². The van der Waals surface area contributed by atoms with Gasteiger partial charge in [-0.25, -0.2) is 0 Å². The lowest BCUT2D eigenvalue weighted by Gasteiger charge is -2.29. The molecule has 1 aliphatic rings. The molecular formula is C19H37NO3. The van der Waals surface area contributed by atoms with Crippen molar-refractivity contribution in [2.45, 2.75) is 96.7 Å². The summed E-state index contributed by atoms with van der Waals surface area (Å²) in [6.07, 6.45) is 10.8. The van der Waals surface area contributed by atoms with Crippen LogP contribution < -0.4 is 0 Å². The molecular weight excluding hydrogens is 290 g/mol. The van der Waals surface area contributed by atoms with Crippen LogP contribution in [0.25, 0.3) is 0 Å². The Morgan fingerprint density at radius 1 is 1.00 bits per heavy atom. The van der Waals surface area contributed by atoms with Gasteiger partial charge in [0.05, 0.1) is 6.10 Å². The molecule has 0 aromatic rings. The predicted molar refractivity (Wildman–Crippen MR) is 94.5 cm³/mol. The lowest BCUT2D eigenvalue weighted by Crippen LogP contribution is -2.36. The lowest BCUT2D eigenvalue weighted by molar-refractivity contribution is -0.154. The van der Waals surface area contributed by atoms with Gasteiger partial charge in [0.25, 0.3) is 0 Å². The van der Waals surface area contributed by atoms with E-state index in [1.165, 1.54) is 38.6 Å². The Bertz CT molecular complexity index is 317. The molecule has 0 aromatic carbocycles. The second-order valence-corrected chi connectivity index (χ2v) is 7.88. The molecule has 1 fully saturated rings. The van der Waals surface area contributed by atoms with Crippen LogP contribution in [-0.2, 0) is 9.53 Å². The molecule has 4 nitrogen and oxygen atoms in total. The summed E-state index contributed by atoms with van der Waals surface area (Å²) in [5.74, 6) is -0.0656. The Balaban J connectivity index is 1.84. The maximum Gasteiger partial charge on any atom is 0.306 e. The van der Waals surface area contributed by atoms with E-state index in [-0.39, 0.29) is 17.7 Å². The van der Waals surface area contributed by atoms with Gasteiger partial charge in [0.2, 0.25) is 0 Å². The lowest BCUT2D eigenvalue weighted by atomic mass is 10.1. The summed E-state index contributed by atoms with van der Waals surface area (Å²) in [6, 6.07) is 0. The molecule has 1 aliphatic heterocycles. The molecule has 0 saturated carbocycles. The molecule has 0 unspecified atom stereocenters. The Kier molecular flexibility index (Phi) is 9.80. The average Bonchev–Trinajstić information content (AvgIpc) is 2.45. The highest BCUT2D eigenvalue weighted by molar-refractivity contribution is 5.69. The molecule has 0 spiro atoms. The molecule has 0 aromatic heterocycles. The minimum absolute atomic E-state index is 0.0630. The van der Waals surface area contributed by atoms with Crippen LogP contribution in [0.5, 0.6) is 0 Å². The van der Waals surface area contributed by atoms with Gasteiger partial charge in [-0.3, -0.25) is 4.79 Å². The predicted octanol–water partition coefficient (Wildman–Crippen LogP) is 3.91. The van der Waals surface area contributed by atoms with Crippen molar-refractivity contribution >= 4 is 5.97 Å². The van der Waals surface area contributed by atoms with Crippen LogP contribution in [0.4, 0.5) is 0 Å². The van der Waals surface area contributed by atoms with E-state index in [1.54, 1.807) is 0 Å². The van der Waals surface area contributed by atoms with Gasteiger partial charge < -0.3 is 14.7 Å². The van der Waals surface area contributed by atoms with Crippen molar-refractivity contribution in [2.24, 2.45) is 0 Å². The number of ether oxygens (including phenoxy) is 1. The molecule has 0 aliphatic carbocycles. The smallest absolute Gasteiger partial charge is 0.306 e. The van der Waals surface area contributed by atoms with Gasteiger partial charge in [0, 0.05) is 19.5 Å². The normalized spacial score (nSPS) is 17.4. The van der Waals surface area contributed by atoms with E-state index in [0.717, 1.165) is 38.8 Å². The average molecular weight is 328 g/mol. The molecule has 23 heavy (non-hydrogen) atoms. The molecule has 0 bridgehead atoms. The van der Waals surface area contributed by atoms with Crippen molar-refractivity contribution in [3.63, 3.8) is 0 Å². The third kappa shape index (κ3) is 11.5. The number of unbranched alkanes of at least 4 members (excludes halogenated alkanes) is 6. The van der Waals surface area contributed by atoms with Crippen molar-refractivity contribution in [1.82, 2.24) is 4.90 Å². The number of aliphatic hydroxyl groups is 1. The van der Waals surface area contributed by atoms with Crippen LogP contribution in [0, 0.1) is 0 Å². The number of piperidine rings is 1. The van der Waals surface area contributed by atoms with Gasteiger partial charge in [-0.1, -0.05) is 32.1 Å². The monoisotopic (exact) mass is 327 g/mol. The third-order valence-electron chi connectivity index (χ3n) is 4.33. The molecule has 0 atom stereocenters. The number of carbonyl (C=O) groups excluding carboxylic acids is 1. The zero-order valence-electron chi connectivity index (χ0n) is 15.5. The minimum Gasteiger partial charge on any atom is -0.460 e. The number of hydrogen-bond donors (Lipinski definition) is 1. The maximum absolute atomic E-state index is 11.6. The maximum atomic E-state index is 11.6. The van der Waals surface area contributed by atoms with E-state index in [4.69, 9.17) is 4.74 Å². The van der Waals surface area contributed by atoms with Crippen LogP contribution >= 0.6 is 0 Å². The van der Waals surface area contributed by atoms with E-state index in [2.05, 4.69) is 4.90 Å². The number of hydrogen-bond acceptors (Lipinski definition) is 4. The largest absolute Gasteiger partial charge is 0.460 e. The summed E-state index contributed by atoms with van der Waals surface area (Å²) in [5.41, 5.74) is -0.358. The SMILES string of the molecule is CC(C)(C)OC(=O)CCCCCCCCCN1CCC(O)CC1. The van der Waals surface area contributed by atoms with Crippen molar-refractivity contribution in [3.05, 3.63) is 0 Å². The van der Waals surface area contributed by atoms with Gasteiger partial charge in [0.15, 0.2) is 0 Å². The van der Waals surface area contributed by atoms with Gasteiger partial charge in [-0.15, -0.1) is 0 Å². The molecule has 1 N–H and O–H groups in total. The number of aliphatic hydroxyl groups excluding tert-OH is 1. The highest BCUT2D eigenvalue weighted by atomic mass is 16.6. The van der Waals surface area contributed by atoms with Gasteiger partial charge in [0.1, 0.15) is 5.60 Å². The second kappa shape index (κ2) is 11.0. The van der Waals surface area contributed by atoms with Crippen molar-refractivity contribution < 1.29 is 14.6 Å². The van der Waals surface area contributed by atoms with E-state index in [0.29, 0.717) is 6.42 Å². The molecule has 136 valence electrons. The fourth-order valence-electron chi connectivity index (χ4n) is 3.02. The summed E-state index contributed by atoms with van der Waals surface area (Å²) in [6.45, 7) is 9.05. The number of rotatable bonds is 10. The first-order valence-corrected chi connectivity index (χ1v) is 9.49. The second-order valence-electron chi connectivity index (χ2n) is 7.88. The van der Waals surface area contributed by atoms with Gasteiger partial charge >= 0.3 is 5.97 Å². The van der Waals surface area contributed by atoms with E-state index < -0.39 is 0 Å². The highest BCUT2D eigenvalue weighted by Gasteiger charge is 2.16. The van der Waals surface area contributed by atoms with E-state index in [9.17, 15) is 9.90 Å². The standard InChI is InChI=1S/C19H37NO3/c1-19(2,3)23-18(22)11-9-7-5-4-6-8-10-14-20-15-12-17(21)13-16-20/h17,21H,4-16H2,1-3H3. The van der Waals surface area contributed by atoms with Crippen molar-refractivity contribution in [1.29, 1.82) is 0 Å². The van der Waals surface area contributed by atoms with Crippen LogP contribution in [0.2, 0.25) is 0 Å². The zero-order chi connectivity index (χ0) is 17.1. The zero-order valence-corrected chi connectivity index (χ0v) is 15.5. The highest BCUT2D eigenvalue weighted by Crippen LogP contribution is 2.14. The molecule has 4 heteroatoms. The first kappa shape index (κ1) is 20.4. The number of likely N-dealkylation sites (tertiary alicyclic amines) is 1. The Labute approximate surface area is 142 Å². The molecule has 0 radical (unpaired) electrons. The summed E-state index contributed by atoms with van der Waals surface area (Å²) in [5, 5.41) is 9.47. The fourth-order valence-corrected chi connectivity index (χ4v) is 3.02. The molecule has 1 heterocycles. The summed E-state index contributed by atoms with van der Waals surface area (Å²) in [4.78, 5) is 14.0. The van der Waals surface area contributed by atoms with Crippen molar-refractivity contribution in [2.75, 3.05) is 19.6 Å². The van der Waals surface area contributed by atoms with Crippen LogP contribution in [0.3, 0.4) is 0 Å². The summed E-state index contributed by atoms with van der Waals surface area (Å²) in [7, 11) is 0. The van der Waals surface area contributed by atoms with Crippen LogP contribution in [-0.4, -0.2) is 47.3 Å². The summed E-state index contributed by atoms with van der Waals surface area (Å²) < 4.78 is 5.30. The summed E-state index contributed by atoms with van der Waals surface area (Å²) >= 11 is 0. The van der Waals surface area contributed by atoms with E-state index >= 15 is 0 Å². The quantitative estimate of drug-likeness (QED) is 0.488. The number of nitrogens with zero attached hydrogens (tertiary/aromatic N) is 1. The number of esters is 1. The van der Waals surface area contributed by atoms with E-state index in [1.807, 2.05) is 20.8 Å². The fraction of sp³-hybridized carbons (Fsp3) is 0.947. The topological polar surface area (TPSA) is 49.8 Å². The molecule has 0 amide bonds. The molecule has 1 rings (SSSR count). The Morgan fingerprint density at radius 2 is 1.52 bits per heavy atom. The molecule has 1 saturated heterocycles. The number of carbonyl (C=O) groups is 1. The first-order chi connectivity index (χ1) is 10.9. The third-order valence-corrected chi connectivity index (χ3v) is 4.33. The van der Waals surface area contributed by atoms with Gasteiger partial charge in [-0.2, -0.15) is 0 Å². The van der Waals surface area contributed by atoms with Crippen LogP contribution in [0.1, 0.15) is 85.0 Å². The van der Waals surface area contributed by atoms with Crippen LogP contribution in [0.15, 0.2) is 0 Å².